The molecule has 1 aliphatic heterocycles. The molecule has 0 amide bonds. The van der Waals surface area contributed by atoms with Gasteiger partial charge in [0.1, 0.15) is 5.75 Å². The average molecular weight is 409 g/mol. The van der Waals surface area contributed by atoms with Crippen LogP contribution in [0.25, 0.3) is 4.96 Å². The highest BCUT2D eigenvalue weighted by molar-refractivity contribution is 7.15. The molecular weight excluding hydrogens is 392 g/mol. The Bertz CT molecular complexity index is 976. The van der Waals surface area contributed by atoms with E-state index >= 15 is 0 Å². The first-order valence-corrected chi connectivity index (χ1v) is 9.23. The SMILES string of the molecule is CN=C(NCc1cn2ccsc2n1)NCc1cc2c(cc1OC(F)F)OCO2. The fraction of sp³-hybridized carbons (Fsp3) is 0.294. The van der Waals surface area contributed by atoms with Crippen molar-refractivity contribution in [3.05, 3.63) is 41.2 Å². The van der Waals surface area contributed by atoms with Gasteiger partial charge in [0, 0.05) is 43.0 Å². The molecule has 148 valence electrons. The summed E-state index contributed by atoms with van der Waals surface area (Å²) in [5.74, 6) is 1.38. The van der Waals surface area contributed by atoms with Gasteiger partial charge in [-0.25, -0.2) is 4.98 Å². The van der Waals surface area contributed by atoms with Crippen LogP contribution in [-0.2, 0) is 13.1 Å². The molecule has 0 saturated carbocycles. The number of benzene rings is 1. The summed E-state index contributed by atoms with van der Waals surface area (Å²) in [4.78, 5) is 9.54. The molecule has 0 bridgehead atoms. The zero-order valence-electron chi connectivity index (χ0n) is 14.8. The molecule has 0 spiro atoms. The number of ether oxygens (including phenoxy) is 3. The maximum atomic E-state index is 12.7. The number of rotatable bonds is 6. The highest BCUT2D eigenvalue weighted by Gasteiger charge is 2.20. The second-order valence-electron chi connectivity index (χ2n) is 5.80. The number of alkyl halides is 2. The Balaban J connectivity index is 1.41. The lowest BCUT2D eigenvalue weighted by atomic mass is 10.1. The molecule has 2 N–H and O–H groups in total. The maximum Gasteiger partial charge on any atom is 0.387 e. The van der Waals surface area contributed by atoms with E-state index in [1.165, 1.54) is 6.07 Å². The molecule has 28 heavy (non-hydrogen) atoms. The van der Waals surface area contributed by atoms with Gasteiger partial charge in [-0.3, -0.25) is 9.39 Å². The molecule has 0 radical (unpaired) electrons. The topological polar surface area (TPSA) is 81.4 Å². The maximum absolute atomic E-state index is 12.7. The standard InChI is InChI=1S/C17H17F2N5O3S/c1-20-16(22-7-11-8-24-2-3-28-17(24)23-11)21-6-10-4-13-14(26-9-25-13)5-12(10)27-15(18)19/h2-5,8,15H,6-7,9H2,1H3,(H2,20,21,22). The number of hydrogen-bond donors (Lipinski definition) is 2. The van der Waals surface area contributed by atoms with Gasteiger partial charge in [0.2, 0.25) is 6.79 Å². The zero-order chi connectivity index (χ0) is 19.5. The lowest BCUT2D eigenvalue weighted by molar-refractivity contribution is -0.0505. The Morgan fingerprint density at radius 1 is 1.32 bits per heavy atom. The molecule has 11 heteroatoms. The predicted molar refractivity (Wildman–Crippen MR) is 99.3 cm³/mol. The molecule has 1 aromatic carbocycles. The molecule has 0 saturated heterocycles. The third-order valence-corrected chi connectivity index (χ3v) is 4.79. The Morgan fingerprint density at radius 2 is 2.11 bits per heavy atom. The third-order valence-electron chi connectivity index (χ3n) is 4.02. The van der Waals surface area contributed by atoms with E-state index in [1.54, 1.807) is 24.5 Å². The van der Waals surface area contributed by atoms with Gasteiger partial charge in [0.25, 0.3) is 0 Å². The van der Waals surface area contributed by atoms with Gasteiger partial charge >= 0.3 is 6.61 Å². The van der Waals surface area contributed by atoms with Crippen molar-refractivity contribution in [2.75, 3.05) is 13.8 Å². The smallest absolute Gasteiger partial charge is 0.387 e. The van der Waals surface area contributed by atoms with Crippen LogP contribution in [0, 0.1) is 0 Å². The number of aromatic nitrogens is 2. The number of imidazole rings is 1. The van der Waals surface area contributed by atoms with Crippen molar-refractivity contribution in [1.82, 2.24) is 20.0 Å². The van der Waals surface area contributed by atoms with E-state index in [-0.39, 0.29) is 19.1 Å². The first kappa shape index (κ1) is 18.3. The van der Waals surface area contributed by atoms with Crippen LogP contribution in [0.3, 0.4) is 0 Å². The quantitative estimate of drug-likeness (QED) is 0.481. The number of hydrogen-bond acceptors (Lipinski definition) is 6. The number of guanidine groups is 1. The molecular formula is C17H17F2N5O3S. The summed E-state index contributed by atoms with van der Waals surface area (Å²) in [6.45, 7) is -2.22. The first-order valence-electron chi connectivity index (χ1n) is 8.35. The highest BCUT2D eigenvalue weighted by Crippen LogP contribution is 2.38. The monoisotopic (exact) mass is 409 g/mol. The van der Waals surface area contributed by atoms with E-state index in [9.17, 15) is 8.78 Å². The van der Waals surface area contributed by atoms with Gasteiger partial charge in [-0.15, -0.1) is 11.3 Å². The van der Waals surface area contributed by atoms with Crippen molar-refractivity contribution >= 4 is 22.3 Å². The summed E-state index contributed by atoms with van der Waals surface area (Å²) in [5.41, 5.74) is 1.36. The minimum absolute atomic E-state index is 0.0246. The molecule has 0 unspecified atom stereocenters. The summed E-state index contributed by atoms with van der Waals surface area (Å²) in [6, 6.07) is 3.02. The second kappa shape index (κ2) is 7.89. The minimum Gasteiger partial charge on any atom is -0.454 e. The van der Waals surface area contributed by atoms with E-state index < -0.39 is 6.61 Å². The minimum atomic E-state index is -2.94. The molecule has 3 aromatic rings. The summed E-state index contributed by atoms with van der Waals surface area (Å²) in [5, 5.41) is 8.18. The molecule has 8 nitrogen and oxygen atoms in total. The molecule has 1 aliphatic rings. The van der Waals surface area contributed by atoms with Crippen LogP contribution < -0.4 is 24.8 Å². The Kier molecular flexibility index (Phi) is 5.15. The van der Waals surface area contributed by atoms with E-state index in [0.29, 0.717) is 29.6 Å². The van der Waals surface area contributed by atoms with Gasteiger partial charge in [0.15, 0.2) is 22.4 Å². The van der Waals surface area contributed by atoms with E-state index in [4.69, 9.17) is 9.47 Å². The summed E-state index contributed by atoms with van der Waals surface area (Å²) in [6.07, 6.45) is 3.87. The Labute approximate surface area is 162 Å². The van der Waals surface area contributed by atoms with Crippen molar-refractivity contribution < 1.29 is 23.0 Å². The molecule has 0 atom stereocenters. The van der Waals surface area contributed by atoms with Crippen molar-refractivity contribution in [2.45, 2.75) is 19.7 Å². The number of halogens is 2. The number of nitrogens with one attached hydrogen (secondary N) is 2. The van der Waals surface area contributed by atoms with E-state index in [1.807, 2.05) is 22.2 Å². The number of aliphatic imine (C=N–C) groups is 1. The molecule has 4 rings (SSSR count). The van der Waals surface area contributed by atoms with Crippen LogP contribution in [-0.4, -0.2) is 35.8 Å². The van der Waals surface area contributed by atoms with Gasteiger partial charge in [-0.05, 0) is 6.07 Å². The summed E-state index contributed by atoms with van der Waals surface area (Å²) >= 11 is 1.55. The second-order valence-corrected chi connectivity index (χ2v) is 6.67. The molecule has 0 aliphatic carbocycles. The van der Waals surface area contributed by atoms with Crippen LogP contribution in [0.1, 0.15) is 11.3 Å². The Hall–Kier alpha value is -3.08. The van der Waals surface area contributed by atoms with E-state index in [2.05, 4.69) is 25.3 Å². The predicted octanol–water partition coefficient (Wildman–Crippen LogP) is 2.59. The highest BCUT2D eigenvalue weighted by atomic mass is 32.1. The molecule has 0 fully saturated rings. The lowest BCUT2D eigenvalue weighted by Crippen LogP contribution is -2.36. The Morgan fingerprint density at radius 3 is 2.86 bits per heavy atom. The van der Waals surface area contributed by atoms with E-state index in [0.717, 1.165) is 10.7 Å². The van der Waals surface area contributed by atoms with Gasteiger partial charge in [-0.1, -0.05) is 0 Å². The van der Waals surface area contributed by atoms with Crippen LogP contribution in [0.2, 0.25) is 0 Å². The van der Waals surface area contributed by atoms with Crippen LogP contribution in [0.4, 0.5) is 8.78 Å². The number of nitrogens with zero attached hydrogens (tertiary/aromatic N) is 3. The summed E-state index contributed by atoms with van der Waals surface area (Å²) in [7, 11) is 1.62. The zero-order valence-corrected chi connectivity index (χ0v) is 15.6. The third kappa shape index (κ3) is 3.93. The molecule has 3 heterocycles. The molecule has 2 aromatic heterocycles. The summed E-state index contributed by atoms with van der Waals surface area (Å²) < 4.78 is 42.5. The van der Waals surface area contributed by atoms with Crippen molar-refractivity contribution in [3.8, 4) is 17.2 Å². The van der Waals surface area contributed by atoms with Gasteiger partial charge in [-0.2, -0.15) is 8.78 Å². The largest absolute Gasteiger partial charge is 0.454 e. The van der Waals surface area contributed by atoms with Crippen LogP contribution in [0.5, 0.6) is 17.2 Å². The fourth-order valence-corrected chi connectivity index (χ4v) is 3.46. The van der Waals surface area contributed by atoms with Crippen molar-refractivity contribution in [2.24, 2.45) is 4.99 Å². The van der Waals surface area contributed by atoms with Gasteiger partial charge < -0.3 is 24.8 Å². The van der Waals surface area contributed by atoms with Crippen molar-refractivity contribution in [3.63, 3.8) is 0 Å². The van der Waals surface area contributed by atoms with Crippen LogP contribution >= 0.6 is 11.3 Å². The number of fused-ring (bicyclic) bond motifs is 2. The van der Waals surface area contributed by atoms with Crippen molar-refractivity contribution in [1.29, 1.82) is 0 Å². The number of thiazole rings is 1. The lowest BCUT2D eigenvalue weighted by Gasteiger charge is -2.15. The average Bonchev–Trinajstić information content (AvgIpc) is 3.36. The van der Waals surface area contributed by atoms with Gasteiger partial charge in [0.05, 0.1) is 12.2 Å². The first-order chi connectivity index (χ1) is 13.6. The van der Waals surface area contributed by atoms with Crippen LogP contribution in [0.15, 0.2) is 34.9 Å². The normalized spacial score (nSPS) is 13.4. The fourth-order valence-electron chi connectivity index (χ4n) is 2.74.